The topological polar surface area (TPSA) is 23.4 Å². The molecular formula is C20H22BNO2. The summed E-state index contributed by atoms with van der Waals surface area (Å²) in [7, 11) is -0.365. The van der Waals surface area contributed by atoms with Gasteiger partial charge in [-0.1, -0.05) is 36.4 Å². The second-order valence-electron chi connectivity index (χ2n) is 7.39. The van der Waals surface area contributed by atoms with Crippen LogP contribution in [0.5, 0.6) is 0 Å². The van der Waals surface area contributed by atoms with Gasteiger partial charge in [0.2, 0.25) is 0 Å². The lowest BCUT2D eigenvalue weighted by atomic mass is 9.78. The average Bonchev–Trinajstić information content (AvgIpc) is 3.06. The minimum absolute atomic E-state index is 0.343. The Bertz CT molecular complexity index is 867. The molecule has 1 aliphatic rings. The van der Waals surface area contributed by atoms with Crippen LogP contribution in [0.15, 0.2) is 60.8 Å². The van der Waals surface area contributed by atoms with E-state index in [1.54, 1.807) is 0 Å². The maximum atomic E-state index is 6.28. The Balaban J connectivity index is 1.87. The minimum atomic E-state index is -0.365. The molecule has 0 saturated carbocycles. The molecule has 2 aromatic carbocycles. The first-order valence-corrected chi connectivity index (χ1v) is 8.40. The molecule has 4 heteroatoms. The van der Waals surface area contributed by atoms with Crippen LogP contribution in [0, 0.1) is 0 Å². The lowest BCUT2D eigenvalue weighted by Crippen LogP contribution is -2.41. The van der Waals surface area contributed by atoms with E-state index in [4.69, 9.17) is 9.31 Å². The van der Waals surface area contributed by atoms with E-state index in [0.29, 0.717) is 0 Å². The third kappa shape index (κ3) is 2.29. The number of hydrogen-bond donors (Lipinski definition) is 0. The second-order valence-corrected chi connectivity index (χ2v) is 7.39. The van der Waals surface area contributed by atoms with Gasteiger partial charge < -0.3 is 13.9 Å². The van der Waals surface area contributed by atoms with Gasteiger partial charge in [-0.05, 0) is 51.3 Å². The van der Waals surface area contributed by atoms with Gasteiger partial charge in [0, 0.05) is 17.3 Å². The van der Waals surface area contributed by atoms with Crippen molar-refractivity contribution in [2.75, 3.05) is 0 Å². The van der Waals surface area contributed by atoms with Crippen LogP contribution in [0.25, 0.3) is 16.6 Å². The predicted octanol–water partition coefficient (Wildman–Crippen LogP) is 3.93. The van der Waals surface area contributed by atoms with Gasteiger partial charge in [-0.15, -0.1) is 0 Å². The molecule has 1 aliphatic heterocycles. The van der Waals surface area contributed by atoms with E-state index >= 15 is 0 Å². The molecule has 0 N–H and O–H groups in total. The largest absolute Gasteiger partial charge is 0.497 e. The van der Waals surface area contributed by atoms with Crippen molar-refractivity contribution in [3.05, 3.63) is 60.8 Å². The molecule has 3 nitrogen and oxygen atoms in total. The summed E-state index contributed by atoms with van der Waals surface area (Å²) in [6, 6.07) is 18.8. The summed E-state index contributed by atoms with van der Waals surface area (Å²) in [5.74, 6) is 0. The van der Waals surface area contributed by atoms with E-state index in [1.165, 1.54) is 5.39 Å². The number of fused-ring (bicyclic) bond motifs is 1. The third-order valence-corrected chi connectivity index (χ3v) is 5.28. The van der Waals surface area contributed by atoms with Crippen molar-refractivity contribution in [2.24, 2.45) is 0 Å². The fourth-order valence-corrected chi connectivity index (χ4v) is 3.19. The van der Waals surface area contributed by atoms with Crippen molar-refractivity contribution in [3.8, 4) is 5.69 Å². The summed E-state index contributed by atoms with van der Waals surface area (Å²) in [6.07, 6.45) is 2.11. The maximum absolute atomic E-state index is 6.28. The van der Waals surface area contributed by atoms with Crippen LogP contribution in [0.4, 0.5) is 0 Å². The molecule has 1 saturated heterocycles. The Kier molecular flexibility index (Phi) is 3.38. The average molecular weight is 319 g/mol. The molecule has 122 valence electrons. The molecule has 1 fully saturated rings. The standard InChI is InChI=1S/C20H22BNO2/c1-19(2)20(3,4)24-21(23-19)17-12-8-9-15-13-14-22(18(15)17)16-10-6-5-7-11-16/h5-14H,1-4H3. The zero-order valence-corrected chi connectivity index (χ0v) is 14.6. The van der Waals surface area contributed by atoms with Crippen molar-refractivity contribution in [3.63, 3.8) is 0 Å². The van der Waals surface area contributed by atoms with Crippen molar-refractivity contribution in [1.82, 2.24) is 4.57 Å². The molecular weight excluding hydrogens is 297 g/mol. The van der Waals surface area contributed by atoms with Crippen molar-refractivity contribution in [1.29, 1.82) is 0 Å². The smallest absolute Gasteiger partial charge is 0.399 e. The van der Waals surface area contributed by atoms with Crippen molar-refractivity contribution in [2.45, 2.75) is 38.9 Å². The molecule has 24 heavy (non-hydrogen) atoms. The van der Waals surface area contributed by atoms with Gasteiger partial charge >= 0.3 is 7.12 Å². The molecule has 1 aromatic heterocycles. The fraction of sp³-hybridized carbons (Fsp3) is 0.300. The number of aromatic nitrogens is 1. The van der Waals surface area contributed by atoms with E-state index in [9.17, 15) is 0 Å². The van der Waals surface area contributed by atoms with Crippen LogP contribution < -0.4 is 5.46 Å². The number of benzene rings is 2. The Hall–Kier alpha value is -2.04. The second kappa shape index (κ2) is 5.23. The molecule has 0 aliphatic carbocycles. The molecule has 2 heterocycles. The molecule has 4 rings (SSSR count). The predicted molar refractivity (Wildman–Crippen MR) is 99.0 cm³/mol. The highest BCUT2D eigenvalue weighted by atomic mass is 16.7. The zero-order valence-electron chi connectivity index (χ0n) is 14.6. The van der Waals surface area contributed by atoms with E-state index in [0.717, 1.165) is 16.7 Å². The van der Waals surface area contributed by atoms with Gasteiger partial charge in [-0.3, -0.25) is 0 Å². The normalized spacial score (nSPS) is 19.1. The number of para-hydroxylation sites is 2. The summed E-state index contributed by atoms with van der Waals surface area (Å²) in [5, 5.41) is 1.19. The van der Waals surface area contributed by atoms with Gasteiger partial charge in [0.05, 0.1) is 16.7 Å². The quantitative estimate of drug-likeness (QED) is 0.668. The number of hydrogen-bond acceptors (Lipinski definition) is 2. The summed E-state index contributed by atoms with van der Waals surface area (Å²) >= 11 is 0. The minimum Gasteiger partial charge on any atom is -0.399 e. The Labute approximate surface area is 143 Å². The first-order valence-electron chi connectivity index (χ1n) is 8.40. The summed E-state index contributed by atoms with van der Waals surface area (Å²) in [6.45, 7) is 8.35. The van der Waals surface area contributed by atoms with Gasteiger partial charge in [0.25, 0.3) is 0 Å². The van der Waals surface area contributed by atoms with Crippen LogP contribution >= 0.6 is 0 Å². The van der Waals surface area contributed by atoms with Gasteiger partial charge in [-0.2, -0.15) is 0 Å². The van der Waals surface area contributed by atoms with Gasteiger partial charge in [0.15, 0.2) is 0 Å². The van der Waals surface area contributed by atoms with E-state index in [-0.39, 0.29) is 18.3 Å². The first-order chi connectivity index (χ1) is 11.4. The maximum Gasteiger partial charge on any atom is 0.497 e. The van der Waals surface area contributed by atoms with Gasteiger partial charge in [-0.25, -0.2) is 0 Å². The molecule has 0 unspecified atom stereocenters. The Morgan fingerprint density at radius 1 is 0.792 bits per heavy atom. The SMILES string of the molecule is CC1(C)OB(c2cccc3ccn(-c4ccccc4)c23)OC1(C)C. The molecule has 0 spiro atoms. The highest BCUT2D eigenvalue weighted by Crippen LogP contribution is 2.37. The molecule has 0 radical (unpaired) electrons. The monoisotopic (exact) mass is 319 g/mol. The Morgan fingerprint density at radius 2 is 1.46 bits per heavy atom. The van der Waals surface area contributed by atoms with E-state index in [2.05, 4.69) is 87.0 Å². The van der Waals surface area contributed by atoms with Crippen molar-refractivity contribution >= 4 is 23.5 Å². The lowest BCUT2D eigenvalue weighted by Gasteiger charge is -2.32. The van der Waals surface area contributed by atoms with Crippen LogP contribution in [0.1, 0.15) is 27.7 Å². The van der Waals surface area contributed by atoms with E-state index in [1.807, 2.05) is 6.07 Å². The van der Waals surface area contributed by atoms with Crippen LogP contribution in [-0.2, 0) is 9.31 Å². The summed E-state index contributed by atoms with van der Waals surface area (Å²) in [4.78, 5) is 0. The molecule has 3 aromatic rings. The fourth-order valence-electron chi connectivity index (χ4n) is 3.19. The van der Waals surface area contributed by atoms with Crippen LogP contribution in [-0.4, -0.2) is 22.9 Å². The van der Waals surface area contributed by atoms with Crippen LogP contribution in [0.3, 0.4) is 0 Å². The first kappa shape index (κ1) is 15.5. The molecule has 0 amide bonds. The number of nitrogens with zero attached hydrogens (tertiary/aromatic N) is 1. The van der Waals surface area contributed by atoms with E-state index < -0.39 is 0 Å². The summed E-state index contributed by atoms with van der Waals surface area (Å²) in [5.41, 5.74) is 2.66. The third-order valence-electron chi connectivity index (χ3n) is 5.28. The summed E-state index contributed by atoms with van der Waals surface area (Å²) < 4.78 is 14.8. The molecule has 0 bridgehead atoms. The number of rotatable bonds is 2. The van der Waals surface area contributed by atoms with Gasteiger partial charge in [0.1, 0.15) is 0 Å². The van der Waals surface area contributed by atoms with Crippen LogP contribution in [0.2, 0.25) is 0 Å². The lowest BCUT2D eigenvalue weighted by molar-refractivity contribution is 0.00578. The zero-order chi connectivity index (χ0) is 16.9. The highest BCUT2D eigenvalue weighted by molar-refractivity contribution is 6.65. The Morgan fingerprint density at radius 3 is 2.12 bits per heavy atom. The highest BCUT2D eigenvalue weighted by Gasteiger charge is 2.52. The van der Waals surface area contributed by atoms with Crippen molar-refractivity contribution < 1.29 is 9.31 Å². The molecule has 0 atom stereocenters.